The van der Waals surface area contributed by atoms with Gasteiger partial charge in [-0.2, -0.15) is 0 Å². The highest BCUT2D eigenvalue weighted by atomic mass is 16.6. The molecule has 0 bridgehead atoms. The standard InChI is InChI=1S/C12H18N2O2/c1-5-8-9(13)6-7-14-10(8)11(15)16-12(2,3)4/h6-7H,5H2,1-4H3,(H2,13,14). The smallest absolute Gasteiger partial charge is 0.357 e. The van der Waals surface area contributed by atoms with Gasteiger partial charge in [-0.25, -0.2) is 9.78 Å². The third-order valence-electron chi connectivity index (χ3n) is 2.04. The second-order valence-corrected chi connectivity index (χ2v) is 4.58. The van der Waals surface area contributed by atoms with Crippen LogP contribution in [0.4, 0.5) is 5.69 Å². The first-order valence-electron chi connectivity index (χ1n) is 5.32. The lowest BCUT2D eigenvalue weighted by Crippen LogP contribution is -2.25. The van der Waals surface area contributed by atoms with E-state index in [4.69, 9.17) is 10.5 Å². The molecule has 4 heteroatoms. The fourth-order valence-electron chi connectivity index (χ4n) is 1.38. The van der Waals surface area contributed by atoms with Crippen LogP contribution in [0.3, 0.4) is 0 Å². The lowest BCUT2D eigenvalue weighted by molar-refractivity contribution is 0.00617. The Kier molecular flexibility index (Phi) is 3.52. The van der Waals surface area contributed by atoms with E-state index in [2.05, 4.69) is 4.98 Å². The van der Waals surface area contributed by atoms with Crippen molar-refractivity contribution in [1.82, 2.24) is 4.98 Å². The van der Waals surface area contributed by atoms with Crippen molar-refractivity contribution in [3.05, 3.63) is 23.5 Å². The maximum absolute atomic E-state index is 11.9. The van der Waals surface area contributed by atoms with Gasteiger partial charge in [-0.15, -0.1) is 0 Å². The highest BCUT2D eigenvalue weighted by Gasteiger charge is 2.21. The summed E-state index contributed by atoms with van der Waals surface area (Å²) in [6.45, 7) is 7.40. The molecule has 1 aromatic rings. The van der Waals surface area contributed by atoms with Crippen molar-refractivity contribution in [2.45, 2.75) is 39.7 Å². The molecule has 0 aliphatic carbocycles. The van der Waals surface area contributed by atoms with Gasteiger partial charge in [-0.3, -0.25) is 0 Å². The van der Waals surface area contributed by atoms with E-state index in [1.54, 1.807) is 6.07 Å². The van der Waals surface area contributed by atoms with Crippen molar-refractivity contribution < 1.29 is 9.53 Å². The van der Waals surface area contributed by atoms with Crippen LogP contribution in [0.25, 0.3) is 0 Å². The van der Waals surface area contributed by atoms with Crippen LogP contribution in [0.2, 0.25) is 0 Å². The summed E-state index contributed by atoms with van der Waals surface area (Å²) in [6.07, 6.45) is 2.18. The van der Waals surface area contributed by atoms with Crippen molar-refractivity contribution >= 4 is 11.7 Å². The van der Waals surface area contributed by atoms with E-state index in [-0.39, 0.29) is 0 Å². The van der Waals surface area contributed by atoms with Crippen molar-refractivity contribution in [2.75, 3.05) is 5.73 Å². The highest BCUT2D eigenvalue weighted by Crippen LogP contribution is 2.18. The van der Waals surface area contributed by atoms with E-state index >= 15 is 0 Å². The summed E-state index contributed by atoms with van der Waals surface area (Å²) in [5.74, 6) is -0.420. The number of anilines is 1. The largest absolute Gasteiger partial charge is 0.455 e. The molecule has 0 fully saturated rings. The molecule has 16 heavy (non-hydrogen) atoms. The third-order valence-corrected chi connectivity index (χ3v) is 2.04. The van der Waals surface area contributed by atoms with Crippen molar-refractivity contribution in [3.63, 3.8) is 0 Å². The van der Waals surface area contributed by atoms with Gasteiger partial charge in [0.1, 0.15) is 5.60 Å². The number of pyridine rings is 1. The minimum atomic E-state index is -0.519. The van der Waals surface area contributed by atoms with Crippen LogP contribution >= 0.6 is 0 Å². The summed E-state index contributed by atoms with van der Waals surface area (Å²) in [6, 6.07) is 1.69. The molecule has 0 spiro atoms. The Balaban J connectivity index is 3.04. The monoisotopic (exact) mass is 222 g/mol. The molecule has 0 atom stereocenters. The normalized spacial score (nSPS) is 11.2. The molecule has 88 valence electrons. The van der Waals surface area contributed by atoms with Crippen LogP contribution in [0.1, 0.15) is 43.7 Å². The van der Waals surface area contributed by atoms with Gasteiger partial charge < -0.3 is 10.5 Å². The zero-order valence-electron chi connectivity index (χ0n) is 10.2. The average Bonchev–Trinajstić information content (AvgIpc) is 2.14. The molecular weight excluding hydrogens is 204 g/mol. The molecule has 0 aliphatic rings. The highest BCUT2D eigenvalue weighted by molar-refractivity contribution is 5.90. The Morgan fingerprint density at radius 3 is 2.62 bits per heavy atom. The quantitative estimate of drug-likeness (QED) is 0.779. The van der Waals surface area contributed by atoms with Gasteiger partial charge in [-0.05, 0) is 33.3 Å². The molecule has 2 N–H and O–H groups in total. The first-order chi connectivity index (χ1) is 7.35. The van der Waals surface area contributed by atoms with E-state index in [1.165, 1.54) is 6.20 Å². The number of nitrogens with two attached hydrogens (primary N) is 1. The number of nitrogens with zero attached hydrogens (tertiary/aromatic N) is 1. The average molecular weight is 222 g/mol. The van der Waals surface area contributed by atoms with Crippen molar-refractivity contribution in [1.29, 1.82) is 0 Å². The summed E-state index contributed by atoms with van der Waals surface area (Å²) in [5, 5.41) is 0. The fourth-order valence-corrected chi connectivity index (χ4v) is 1.38. The Morgan fingerprint density at radius 2 is 2.12 bits per heavy atom. The molecule has 1 aromatic heterocycles. The van der Waals surface area contributed by atoms with Gasteiger partial charge in [0.25, 0.3) is 0 Å². The van der Waals surface area contributed by atoms with Gasteiger partial charge in [0.2, 0.25) is 0 Å². The predicted octanol–water partition coefficient (Wildman–Crippen LogP) is 2.18. The zero-order chi connectivity index (χ0) is 12.3. The Hall–Kier alpha value is -1.58. The van der Waals surface area contributed by atoms with Crippen LogP contribution in [0, 0.1) is 0 Å². The molecule has 4 nitrogen and oxygen atoms in total. The number of carbonyl (C=O) groups excluding carboxylic acids is 1. The summed E-state index contributed by atoms with van der Waals surface area (Å²) < 4.78 is 5.26. The SMILES string of the molecule is CCc1c(N)ccnc1C(=O)OC(C)(C)C. The maximum Gasteiger partial charge on any atom is 0.357 e. The lowest BCUT2D eigenvalue weighted by Gasteiger charge is -2.20. The van der Waals surface area contributed by atoms with Crippen LogP contribution in [-0.2, 0) is 11.2 Å². The van der Waals surface area contributed by atoms with Crippen molar-refractivity contribution in [2.24, 2.45) is 0 Å². The van der Waals surface area contributed by atoms with Gasteiger partial charge in [0, 0.05) is 17.4 Å². The predicted molar refractivity (Wildman–Crippen MR) is 63.2 cm³/mol. The van der Waals surface area contributed by atoms with Gasteiger partial charge in [0.15, 0.2) is 5.69 Å². The topological polar surface area (TPSA) is 65.2 Å². The molecule has 0 amide bonds. The van der Waals surface area contributed by atoms with Gasteiger partial charge in [-0.1, -0.05) is 6.92 Å². The minimum Gasteiger partial charge on any atom is -0.455 e. The Labute approximate surface area is 95.8 Å². The number of carbonyl (C=O) groups is 1. The van der Waals surface area contributed by atoms with Crippen LogP contribution in [-0.4, -0.2) is 16.6 Å². The number of hydrogen-bond donors (Lipinski definition) is 1. The third kappa shape index (κ3) is 2.95. The molecule has 0 unspecified atom stereocenters. The second kappa shape index (κ2) is 4.51. The van der Waals surface area contributed by atoms with Gasteiger partial charge >= 0.3 is 5.97 Å². The van der Waals surface area contributed by atoms with E-state index in [9.17, 15) is 4.79 Å². The Bertz CT molecular complexity index is 394. The molecule has 1 heterocycles. The first-order valence-corrected chi connectivity index (χ1v) is 5.32. The molecule has 0 aliphatic heterocycles. The van der Waals surface area contributed by atoms with Gasteiger partial charge in [0.05, 0.1) is 0 Å². The minimum absolute atomic E-state index is 0.317. The lowest BCUT2D eigenvalue weighted by atomic mass is 10.1. The molecule has 0 radical (unpaired) electrons. The van der Waals surface area contributed by atoms with Crippen LogP contribution in [0.5, 0.6) is 0 Å². The van der Waals surface area contributed by atoms with E-state index in [0.29, 0.717) is 17.8 Å². The van der Waals surface area contributed by atoms with E-state index in [0.717, 1.165) is 5.56 Å². The van der Waals surface area contributed by atoms with E-state index in [1.807, 2.05) is 27.7 Å². The summed E-state index contributed by atoms with van der Waals surface area (Å²) in [4.78, 5) is 15.9. The summed E-state index contributed by atoms with van der Waals surface area (Å²) >= 11 is 0. The number of nitrogen functional groups attached to an aromatic ring is 1. The van der Waals surface area contributed by atoms with Crippen molar-refractivity contribution in [3.8, 4) is 0 Å². The zero-order valence-corrected chi connectivity index (χ0v) is 10.2. The van der Waals surface area contributed by atoms with Crippen LogP contribution in [0.15, 0.2) is 12.3 Å². The molecule has 1 rings (SSSR count). The number of hydrogen-bond acceptors (Lipinski definition) is 4. The number of ether oxygens (including phenoxy) is 1. The first kappa shape index (κ1) is 12.5. The number of aromatic nitrogens is 1. The maximum atomic E-state index is 11.9. The molecule has 0 saturated carbocycles. The number of rotatable bonds is 2. The molecular formula is C12H18N2O2. The second-order valence-electron chi connectivity index (χ2n) is 4.58. The molecule has 0 aromatic carbocycles. The van der Waals surface area contributed by atoms with E-state index < -0.39 is 11.6 Å². The fraction of sp³-hybridized carbons (Fsp3) is 0.500. The van der Waals surface area contributed by atoms with Crippen LogP contribution < -0.4 is 5.73 Å². The summed E-state index contributed by atoms with van der Waals surface area (Å²) in [5.41, 5.74) is 6.91. The summed E-state index contributed by atoms with van der Waals surface area (Å²) in [7, 11) is 0. The molecule has 0 saturated heterocycles. The Morgan fingerprint density at radius 1 is 1.50 bits per heavy atom. The number of esters is 1.